The first-order valence-electron chi connectivity index (χ1n) is 5.10. The molecule has 9 nitrogen and oxygen atoms in total. The monoisotopic (exact) mass is 313 g/mol. The summed E-state index contributed by atoms with van der Waals surface area (Å²) in [5.41, 5.74) is 0. The van der Waals surface area contributed by atoms with Crippen molar-refractivity contribution in [1.29, 1.82) is 0 Å². The highest BCUT2D eigenvalue weighted by atomic mass is 32.2. The molecule has 0 aliphatic carbocycles. The number of rotatable bonds is 8. The standard InChI is InChI=1S/C8H15N3O6S2/c12-6(9-1-2-19(15,16)17)3-10-7(13)4-11-8(14)5-18/h18H,1-5H2,(H,9,12)(H,10,13)(H,11,14)(H,15,16,17). The van der Waals surface area contributed by atoms with Crippen molar-refractivity contribution in [3.63, 3.8) is 0 Å². The smallest absolute Gasteiger partial charge is 0.266 e. The average Bonchev–Trinajstić information content (AvgIpc) is 2.31. The molecule has 0 heterocycles. The summed E-state index contributed by atoms with van der Waals surface area (Å²) in [5, 5.41) is 6.63. The van der Waals surface area contributed by atoms with Gasteiger partial charge in [-0.3, -0.25) is 18.9 Å². The second kappa shape index (κ2) is 8.72. The van der Waals surface area contributed by atoms with E-state index in [0.29, 0.717) is 0 Å². The number of hydrogen-bond acceptors (Lipinski definition) is 6. The first-order chi connectivity index (χ1) is 8.74. The quantitative estimate of drug-likeness (QED) is 0.241. The second-order valence-corrected chi connectivity index (χ2v) is 5.24. The SMILES string of the molecule is O=C(CS)NCC(=O)NCC(=O)NCCS(=O)(=O)O. The fourth-order valence-electron chi connectivity index (χ4n) is 0.858. The van der Waals surface area contributed by atoms with Gasteiger partial charge in [0.1, 0.15) is 0 Å². The lowest BCUT2D eigenvalue weighted by Crippen LogP contribution is -2.42. The maximum atomic E-state index is 11.1. The number of thiol groups is 1. The van der Waals surface area contributed by atoms with Crippen LogP contribution in [0.15, 0.2) is 0 Å². The van der Waals surface area contributed by atoms with Crippen LogP contribution in [-0.2, 0) is 24.5 Å². The summed E-state index contributed by atoms with van der Waals surface area (Å²) in [6.45, 7) is -0.900. The minimum Gasteiger partial charge on any atom is -0.353 e. The predicted molar refractivity (Wildman–Crippen MR) is 69.3 cm³/mol. The molecule has 19 heavy (non-hydrogen) atoms. The Hall–Kier alpha value is -1.33. The highest BCUT2D eigenvalue weighted by Crippen LogP contribution is 1.79. The topological polar surface area (TPSA) is 142 Å². The van der Waals surface area contributed by atoms with E-state index in [2.05, 4.69) is 28.6 Å². The van der Waals surface area contributed by atoms with Crippen molar-refractivity contribution in [2.45, 2.75) is 0 Å². The van der Waals surface area contributed by atoms with Crippen LogP contribution in [0.4, 0.5) is 0 Å². The van der Waals surface area contributed by atoms with Crippen molar-refractivity contribution < 1.29 is 27.4 Å². The first-order valence-corrected chi connectivity index (χ1v) is 7.35. The second-order valence-electron chi connectivity index (χ2n) is 3.35. The first kappa shape index (κ1) is 17.7. The molecule has 11 heteroatoms. The summed E-state index contributed by atoms with van der Waals surface area (Å²) in [5.74, 6) is -2.26. The molecule has 0 spiro atoms. The summed E-state index contributed by atoms with van der Waals surface area (Å²) >= 11 is 3.69. The summed E-state index contributed by atoms with van der Waals surface area (Å²) in [6, 6.07) is 0. The maximum Gasteiger partial charge on any atom is 0.266 e. The molecule has 0 aliphatic rings. The number of nitrogens with one attached hydrogen (secondary N) is 3. The van der Waals surface area contributed by atoms with Gasteiger partial charge in [0.05, 0.1) is 24.6 Å². The van der Waals surface area contributed by atoms with Crippen LogP contribution in [0.5, 0.6) is 0 Å². The number of hydrogen-bond donors (Lipinski definition) is 5. The fourth-order valence-corrected chi connectivity index (χ4v) is 1.33. The molecule has 4 N–H and O–H groups in total. The maximum absolute atomic E-state index is 11.1. The highest BCUT2D eigenvalue weighted by Gasteiger charge is 2.08. The molecule has 0 fully saturated rings. The Balaban J connectivity index is 3.73. The third-order valence-corrected chi connectivity index (χ3v) is 2.73. The van der Waals surface area contributed by atoms with Gasteiger partial charge in [0.25, 0.3) is 10.1 Å². The molecule has 0 bridgehead atoms. The van der Waals surface area contributed by atoms with Crippen LogP contribution in [-0.4, -0.2) is 61.8 Å². The number of carbonyl (C=O) groups excluding carboxylic acids is 3. The van der Waals surface area contributed by atoms with E-state index in [4.69, 9.17) is 4.55 Å². The minimum absolute atomic E-state index is 0.0522. The zero-order valence-electron chi connectivity index (χ0n) is 9.88. The van der Waals surface area contributed by atoms with Gasteiger partial charge in [-0.15, -0.1) is 0 Å². The predicted octanol–water partition coefficient (Wildman–Crippen LogP) is -2.85. The average molecular weight is 313 g/mol. The lowest BCUT2D eigenvalue weighted by atomic mass is 10.5. The van der Waals surface area contributed by atoms with Crippen molar-refractivity contribution in [1.82, 2.24) is 16.0 Å². The zero-order valence-corrected chi connectivity index (χ0v) is 11.6. The molecule has 0 atom stereocenters. The van der Waals surface area contributed by atoms with Gasteiger partial charge in [0.15, 0.2) is 0 Å². The largest absolute Gasteiger partial charge is 0.353 e. The van der Waals surface area contributed by atoms with Crippen molar-refractivity contribution in [2.24, 2.45) is 0 Å². The van der Waals surface area contributed by atoms with Gasteiger partial charge in [-0.25, -0.2) is 0 Å². The van der Waals surface area contributed by atoms with Gasteiger partial charge < -0.3 is 16.0 Å². The zero-order chi connectivity index (χ0) is 14.9. The van der Waals surface area contributed by atoms with Gasteiger partial charge >= 0.3 is 0 Å². The van der Waals surface area contributed by atoms with Gasteiger partial charge in [0.2, 0.25) is 17.7 Å². The van der Waals surface area contributed by atoms with Gasteiger partial charge in [-0.05, 0) is 0 Å². The van der Waals surface area contributed by atoms with E-state index in [1.807, 2.05) is 0 Å². The molecular formula is C8H15N3O6S2. The van der Waals surface area contributed by atoms with E-state index in [9.17, 15) is 22.8 Å². The van der Waals surface area contributed by atoms with Crippen LogP contribution in [0.25, 0.3) is 0 Å². The van der Waals surface area contributed by atoms with Crippen LogP contribution in [0.3, 0.4) is 0 Å². The Morgan fingerprint density at radius 2 is 1.42 bits per heavy atom. The fraction of sp³-hybridized carbons (Fsp3) is 0.625. The van der Waals surface area contributed by atoms with E-state index in [0.717, 1.165) is 0 Å². The van der Waals surface area contributed by atoms with Crippen molar-refractivity contribution in [3.05, 3.63) is 0 Å². The van der Waals surface area contributed by atoms with E-state index < -0.39 is 33.6 Å². The molecule has 0 aromatic rings. The Bertz CT molecular complexity index is 436. The molecular weight excluding hydrogens is 298 g/mol. The van der Waals surface area contributed by atoms with Gasteiger partial charge in [-0.1, -0.05) is 0 Å². The Morgan fingerprint density at radius 3 is 1.89 bits per heavy atom. The molecule has 3 amide bonds. The Labute approximate surface area is 115 Å². The van der Waals surface area contributed by atoms with Crippen molar-refractivity contribution in [2.75, 3.05) is 31.1 Å². The van der Waals surface area contributed by atoms with Crippen LogP contribution >= 0.6 is 12.6 Å². The van der Waals surface area contributed by atoms with Gasteiger partial charge in [-0.2, -0.15) is 21.0 Å². The molecule has 0 radical (unpaired) electrons. The van der Waals surface area contributed by atoms with E-state index >= 15 is 0 Å². The van der Waals surface area contributed by atoms with E-state index in [-0.39, 0.29) is 25.4 Å². The third-order valence-electron chi connectivity index (χ3n) is 1.72. The molecule has 0 saturated heterocycles. The van der Waals surface area contributed by atoms with Crippen molar-refractivity contribution in [3.8, 4) is 0 Å². The minimum atomic E-state index is -4.13. The number of carbonyl (C=O) groups is 3. The Kier molecular flexibility index (Phi) is 8.11. The molecule has 0 aromatic carbocycles. The normalized spacial score (nSPS) is 10.6. The molecule has 0 aliphatic heterocycles. The van der Waals surface area contributed by atoms with Crippen LogP contribution in [0.2, 0.25) is 0 Å². The summed E-state index contributed by atoms with van der Waals surface area (Å²) in [4.78, 5) is 33.0. The third kappa shape index (κ3) is 11.5. The highest BCUT2D eigenvalue weighted by molar-refractivity contribution is 7.85. The molecule has 0 unspecified atom stereocenters. The number of amides is 3. The Morgan fingerprint density at radius 1 is 0.947 bits per heavy atom. The van der Waals surface area contributed by atoms with Crippen LogP contribution < -0.4 is 16.0 Å². The van der Waals surface area contributed by atoms with E-state index in [1.54, 1.807) is 0 Å². The van der Waals surface area contributed by atoms with Gasteiger partial charge in [0, 0.05) is 6.54 Å². The van der Waals surface area contributed by atoms with Crippen LogP contribution in [0, 0.1) is 0 Å². The lowest BCUT2D eigenvalue weighted by Gasteiger charge is -2.06. The molecule has 110 valence electrons. The molecule has 0 aromatic heterocycles. The van der Waals surface area contributed by atoms with Crippen molar-refractivity contribution >= 4 is 40.5 Å². The summed E-state index contributed by atoms with van der Waals surface area (Å²) < 4.78 is 29.1. The summed E-state index contributed by atoms with van der Waals surface area (Å²) in [6.07, 6.45) is 0. The lowest BCUT2D eigenvalue weighted by molar-refractivity contribution is -0.127. The van der Waals surface area contributed by atoms with Crippen LogP contribution in [0.1, 0.15) is 0 Å². The molecule has 0 rings (SSSR count). The molecule has 0 saturated carbocycles. The summed E-state index contributed by atoms with van der Waals surface area (Å²) in [7, 11) is -4.13. The van der Waals surface area contributed by atoms with E-state index in [1.165, 1.54) is 0 Å².